The van der Waals surface area contributed by atoms with Gasteiger partial charge < -0.3 is 11.1 Å². The molecular weight excluding hydrogens is 231 g/mol. The molecule has 1 amide bonds. The Hall–Kier alpha value is -1.58. The van der Waals surface area contributed by atoms with E-state index in [-0.39, 0.29) is 17.3 Å². The highest BCUT2D eigenvalue weighted by Gasteiger charge is 2.22. The fraction of sp³-hybridized carbons (Fsp3) is 0.500. The summed E-state index contributed by atoms with van der Waals surface area (Å²) in [6.45, 7) is 2.22. The number of nitrogens with two attached hydrogens (primary N) is 1. The van der Waals surface area contributed by atoms with Crippen molar-refractivity contribution in [3.05, 3.63) is 29.6 Å². The second kappa shape index (κ2) is 5.38. The van der Waals surface area contributed by atoms with Gasteiger partial charge >= 0.3 is 0 Å². The zero-order chi connectivity index (χ0) is 13.1. The van der Waals surface area contributed by atoms with Crippen LogP contribution in [0, 0.1) is 11.7 Å². The average molecular weight is 250 g/mol. The van der Waals surface area contributed by atoms with Crippen molar-refractivity contribution >= 4 is 11.6 Å². The van der Waals surface area contributed by atoms with Crippen LogP contribution in [0.2, 0.25) is 0 Å². The van der Waals surface area contributed by atoms with Gasteiger partial charge in [0.2, 0.25) is 0 Å². The first-order valence-electron chi connectivity index (χ1n) is 6.42. The molecule has 0 spiro atoms. The standard InChI is InChI=1S/C14H19FN2O/c1-9-5-7-10(8-6-9)17-14(18)13-11(15)3-2-4-12(13)16/h2-4,9-10H,5-8,16H2,1H3,(H,17,18). The summed E-state index contributed by atoms with van der Waals surface area (Å²) in [6, 6.07) is 4.45. The molecule has 0 heterocycles. The van der Waals surface area contributed by atoms with Crippen LogP contribution in [0.15, 0.2) is 18.2 Å². The second-order valence-electron chi connectivity index (χ2n) is 5.13. The highest BCUT2D eigenvalue weighted by molar-refractivity contribution is 5.99. The number of nitrogens with one attached hydrogen (secondary N) is 1. The smallest absolute Gasteiger partial charge is 0.256 e. The van der Waals surface area contributed by atoms with Crippen LogP contribution >= 0.6 is 0 Å². The molecule has 1 aliphatic rings. The molecule has 98 valence electrons. The minimum atomic E-state index is -0.559. The van der Waals surface area contributed by atoms with Crippen LogP contribution in [0.4, 0.5) is 10.1 Å². The Labute approximate surface area is 107 Å². The molecule has 0 aliphatic heterocycles. The number of carbonyl (C=O) groups is 1. The van der Waals surface area contributed by atoms with Crippen molar-refractivity contribution in [3.63, 3.8) is 0 Å². The van der Waals surface area contributed by atoms with Crippen molar-refractivity contribution in [2.24, 2.45) is 5.92 Å². The van der Waals surface area contributed by atoms with Crippen molar-refractivity contribution in [1.29, 1.82) is 0 Å². The Morgan fingerprint density at radius 1 is 1.33 bits per heavy atom. The topological polar surface area (TPSA) is 55.1 Å². The van der Waals surface area contributed by atoms with Gasteiger partial charge in [0.05, 0.1) is 5.56 Å². The Kier molecular flexibility index (Phi) is 3.84. The van der Waals surface area contributed by atoms with Gasteiger partial charge in [-0.15, -0.1) is 0 Å². The number of hydrogen-bond donors (Lipinski definition) is 2. The summed E-state index contributed by atoms with van der Waals surface area (Å²) in [5.74, 6) is -0.237. The maximum absolute atomic E-state index is 13.6. The van der Waals surface area contributed by atoms with Crippen molar-refractivity contribution in [3.8, 4) is 0 Å². The first kappa shape index (κ1) is 12.9. The van der Waals surface area contributed by atoms with E-state index in [2.05, 4.69) is 12.2 Å². The van der Waals surface area contributed by atoms with E-state index in [4.69, 9.17) is 5.73 Å². The number of carbonyl (C=O) groups excluding carboxylic acids is 1. The molecule has 4 heteroatoms. The van der Waals surface area contributed by atoms with Gasteiger partial charge in [0.15, 0.2) is 0 Å². The van der Waals surface area contributed by atoms with Crippen molar-refractivity contribution < 1.29 is 9.18 Å². The molecule has 1 saturated carbocycles. The predicted octanol–water partition coefficient (Wildman–Crippen LogP) is 2.72. The molecule has 18 heavy (non-hydrogen) atoms. The first-order chi connectivity index (χ1) is 8.58. The van der Waals surface area contributed by atoms with E-state index in [9.17, 15) is 9.18 Å². The summed E-state index contributed by atoms with van der Waals surface area (Å²) in [5, 5.41) is 2.88. The predicted molar refractivity (Wildman–Crippen MR) is 69.7 cm³/mol. The highest BCUT2D eigenvalue weighted by atomic mass is 19.1. The molecule has 0 bridgehead atoms. The summed E-state index contributed by atoms with van der Waals surface area (Å²) in [4.78, 5) is 12.0. The number of halogens is 1. The van der Waals surface area contributed by atoms with Gasteiger partial charge in [-0.25, -0.2) is 4.39 Å². The maximum atomic E-state index is 13.6. The van der Waals surface area contributed by atoms with Crippen molar-refractivity contribution in [2.75, 3.05) is 5.73 Å². The summed E-state index contributed by atoms with van der Waals surface area (Å²) in [7, 11) is 0. The number of anilines is 1. The van der Waals surface area contributed by atoms with Gasteiger partial charge in [-0.1, -0.05) is 13.0 Å². The zero-order valence-electron chi connectivity index (χ0n) is 10.6. The molecule has 2 rings (SSSR count). The average Bonchev–Trinajstić information content (AvgIpc) is 2.32. The lowest BCUT2D eigenvalue weighted by Gasteiger charge is -2.27. The van der Waals surface area contributed by atoms with Crippen LogP contribution in [-0.2, 0) is 0 Å². The third kappa shape index (κ3) is 2.81. The molecule has 0 atom stereocenters. The van der Waals surface area contributed by atoms with Crippen LogP contribution in [-0.4, -0.2) is 11.9 Å². The monoisotopic (exact) mass is 250 g/mol. The van der Waals surface area contributed by atoms with Crippen LogP contribution in [0.5, 0.6) is 0 Å². The molecule has 3 N–H and O–H groups in total. The third-order valence-electron chi connectivity index (χ3n) is 3.62. The van der Waals surface area contributed by atoms with Gasteiger partial charge in [-0.2, -0.15) is 0 Å². The molecule has 3 nitrogen and oxygen atoms in total. The fourth-order valence-corrected chi connectivity index (χ4v) is 2.44. The van der Waals surface area contributed by atoms with Crippen LogP contribution in [0.3, 0.4) is 0 Å². The van der Waals surface area contributed by atoms with E-state index in [1.165, 1.54) is 12.1 Å². The number of hydrogen-bond acceptors (Lipinski definition) is 2. The normalized spacial score (nSPS) is 23.7. The SMILES string of the molecule is CC1CCC(NC(=O)c2c(N)cccc2F)CC1. The lowest BCUT2D eigenvalue weighted by molar-refractivity contribution is 0.0920. The molecule has 0 radical (unpaired) electrons. The molecule has 0 saturated heterocycles. The van der Waals surface area contributed by atoms with E-state index in [1.807, 2.05) is 0 Å². The molecule has 0 aromatic heterocycles. The number of nitrogen functional groups attached to an aromatic ring is 1. The molecule has 1 aliphatic carbocycles. The maximum Gasteiger partial charge on any atom is 0.256 e. The van der Waals surface area contributed by atoms with E-state index in [0.29, 0.717) is 0 Å². The summed E-state index contributed by atoms with van der Waals surface area (Å²) >= 11 is 0. The second-order valence-corrected chi connectivity index (χ2v) is 5.13. The molecule has 1 aromatic carbocycles. The summed E-state index contributed by atoms with van der Waals surface area (Å²) in [6.07, 6.45) is 4.14. The lowest BCUT2D eigenvalue weighted by atomic mass is 9.87. The molecule has 1 fully saturated rings. The lowest BCUT2D eigenvalue weighted by Crippen LogP contribution is -2.38. The Morgan fingerprint density at radius 2 is 2.00 bits per heavy atom. The summed E-state index contributed by atoms with van der Waals surface area (Å²) < 4.78 is 13.6. The molecule has 0 unspecified atom stereocenters. The number of amides is 1. The van der Waals surface area contributed by atoms with E-state index in [0.717, 1.165) is 31.6 Å². The van der Waals surface area contributed by atoms with Gasteiger partial charge in [-0.05, 0) is 43.7 Å². The number of benzene rings is 1. The van der Waals surface area contributed by atoms with Gasteiger partial charge in [-0.3, -0.25) is 4.79 Å². The number of rotatable bonds is 2. The Balaban J connectivity index is 2.04. The van der Waals surface area contributed by atoms with E-state index in [1.54, 1.807) is 6.07 Å². The quantitative estimate of drug-likeness (QED) is 0.793. The molecule has 1 aromatic rings. The first-order valence-corrected chi connectivity index (χ1v) is 6.42. The Bertz CT molecular complexity index is 419. The van der Waals surface area contributed by atoms with Crippen LogP contribution < -0.4 is 11.1 Å². The zero-order valence-corrected chi connectivity index (χ0v) is 10.6. The van der Waals surface area contributed by atoms with Crippen LogP contribution in [0.25, 0.3) is 0 Å². The summed E-state index contributed by atoms with van der Waals surface area (Å²) in [5.41, 5.74) is 5.81. The largest absolute Gasteiger partial charge is 0.398 e. The van der Waals surface area contributed by atoms with Crippen molar-refractivity contribution in [1.82, 2.24) is 5.32 Å². The fourth-order valence-electron chi connectivity index (χ4n) is 2.44. The Morgan fingerprint density at radius 3 is 2.61 bits per heavy atom. The minimum absolute atomic E-state index is 0.0314. The van der Waals surface area contributed by atoms with E-state index >= 15 is 0 Å². The third-order valence-corrected chi connectivity index (χ3v) is 3.62. The molecular formula is C14H19FN2O. The van der Waals surface area contributed by atoms with E-state index < -0.39 is 11.7 Å². The minimum Gasteiger partial charge on any atom is -0.398 e. The van der Waals surface area contributed by atoms with Gasteiger partial charge in [0.25, 0.3) is 5.91 Å². The van der Waals surface area contributed by atoms with Crippen molar-refractivity contribution in [2.45, 2.75) is 38.6 Å². The highest BCUT2D eigenvalue weighted by Crippen LogP contribution is 2.24. The van der Waals surface area contributed by atoms with Crippen LogP contribution in [0.1, 0.15) is 43.0 Å². The van der Waals surface area contributed by atoms with Gasteiger partial charge in [0, 0.05) is 11.7 Å². The van der Waals surface area contributed by atoms with Gasteiger partial charge in [0.1, 0.15) is 5.82 Å².